The Morgan fingerprint density at radius 1 is 0.930 bits per heavy atom. The first-order chi connectivity index (χ1) is 20.8. The lowest BCUT2D eigenvalue weighted by Crippen LogP contribution is -2.26. The highest BCUT2D eigenvalue weighted by atomic mass is 19.1. The number of rotatable bonds is 7. The van der Waals surface area contributed by atoms with E-state index in [0.717, 1.165) is 16.5 Å². The number of ether oxygens (including phenoxy) is 1. The van der Waals surface area contributed by atoms with Crippen LogP contribution >= 0.6 is 0 Å². The first kappa shape index (κ1) is 27.5. The molecule has 6 rings (SSSR count). The fraction of sp³-hybridized carbons (Fsp3) is 0.0882. The van der Waals surface area contributed by atoms with Gasteiger partial charge < -0.3 is 20.9 Å². The number of halogens is 1. The first-order valence-corrected chi connectivity index (χ1v) is 13.6. The maximum absolute atomic E-state index is 14.5. The molecule has 8 nitrogen and oxygen atoms in total. The highest BCUT2D eigenvalue weighted by Gasteiger charge is 2.21. The van der Waals surface area contributed by atoms with Crippen molar-refractivity contribution in [3.8, 4) is 39.4 Å². The molecule has 0 unspecified atom stereocenters. The number of methoxy groups -OCH3 is 1. The normalized spacial score (nSPS) is 11.8. The van der Waals surface area contributed by atoms with Crippen LogP contribution in [0.1, 0.15) is 18.7 Å². The van der Waals surface area contributed by atoms with Crippen LogP contribution in [0.3, 0.4) is 0 Å². The lowest BCUT2D eigenvalue weighted by molar-refractivity contribution is 0.415. The summed E-state index contributed by atoms with van der Waals surface area (Å²) in [4.78, 5) is 23.0. The minimum Gasteiger partial charge on any atom is -0.505 e. The zero-order valence-electron chi connectivity index (χ0n) is 23.5. The van der Waals surface area contributed by atoms with Crippen LogP contribution < -0.4 is 21.3 Å². The average molecular weight is 574 g/mol. The first-order valence-electron chi connectivity index (χ1n) is 13.6. The molecule has 9 heteroatoms. The van der Waals surface area contributed by atoms with Crippen molar-refractivity contribution in [2.45, 2.75) is 13.0 Å². The van der Waals surface area contributed by atoms with Crippen molar-refractivity contribution in [2.75, 3.05) is 18.2 Å². The van der Waals surface area contributed by atoms with E-state index in [2.05, 4.69) is 15.3 Å². The zero-order chi connectivity index (χ0) is 30.1. The highest BCUT2D eigenvalue weighted by molar-refractivity contribution is 5.96. The summed E-state index contributed by atoms with van der Waals surface area (Å²) in [6.07, 6.45) is 1.49. The minimum atomic E-state index is -0.771. The largest absolute Gasteiger partial charge is 0.505 e. The van der Waals surface area contributed by atoms with E-state index in [1.807, 2.05) is 85.8 Å². The van der Waals surface area contributed by atoms with Gasteiger partial charge in [0.05, 0.1) is 18.5 Å². The molecule has 2 aromatic heterocycles. The summed E-state index contributed by atoms with van der Waals surface area (Å²) in [5.41, 5.74) is 9.71. The predicted molar refractivity (Wildman–Crippen MR) is 167 cm³/mol. The summed E-state index contributed by atoms with van der Waals surface area (Å²) >= 11 is 0. The Balaban J connectivity index is 1.53. The number of hydrogen-bond donors (Lipinski definition) is 3. The summed E-state index contributed by atoms with van der Waals surface area (Å²) in [6.45, 7) is 1.91. The van der Waals surface area contributed by atoms with Gasteiger partial charge in [-0.05, 0) is 71.5 Å². The summed E-state index contributed by atoms with van der Waals surface area (Å²) in [6, 6.07) is 28.4. The van der Waals surface area contributed by atoms with Crippen molar-refractivity contribution >= 4 is 22.5 Å². The molecule has 1 atom stereocenters. The van der Waals surface area contributed by atoms with E-state index < -0.39 is 17.6 Å². The molecule has 0 aliphatic carbocycles. The number of pyridine rings is 1. The number of nitrogens with two attached hydrogens (primary N) is 1. The molecular weight excluding hydrogens is 545 g/mol. The van der Waals surface area contributed by atoms with E-state index in [0.29, 0.717) is 39.5 Å². The van der Waals surface area contributed by atoms with Gasteiger partial charge in [0.25, 0.3) is 5.56 Å². The van der Waals surface area contributed by atoms with Crippen LogP contribution in [-0.4, -0.2) is 26.8 Å². The third kappa shape index (κ3) is 5.24. The number of phenolic OH excluding ortho intramolecular Hbond substituents is 1. The maximum atomic E-state index is 14.5. The third-order valence-corrected chi connectivity index (χ3v) is 7.33. The van der Waals surface area contributed by atoms with Crippen LogP contribution in [0.4, 0.5) is 16.2 Å². The molecule has 4 N–H and O–H groups in total. The van der Waals surface area contributed by atoms with Gasteiger partial charge in [0.15, 0.2) is 11.6 Å². The topological polar surface area (TPSA) is 115 Å². The molecule has 0 saturated carbocycles. The summed E-state index contributed by atoms with van der Waals surface area (Å²) < 4.78 is 21.4. The van der Waals surface area contributed by atoms with Crippen molar-refractivity contribution in [1.82, 2.24) is 14.5 Å². The lowest BCUT2D eigenvalue weighted by Gasteiger charge is -2.23. The summed E-state index contributed by atoms with van der Waals surface area (Å²) in [7, 11) is 1.61. The number of aromatic hydroxyl groups is 1. The van der Waals surface area contributed by atoms with E-state index in [1.165, 1.54) is 18.3 Å². The lowest BCUT2D eigenvalue weighted by atomic mass is 9.97. The number of fused-ring (bicyclic) bond motifs is 1. The van der Waals surface area contributed by atoms with Gasteiger partial charge in [0.1, 0.15) is 11.6 Å². The molecular formula is C34H28FN5O3. The molecule has 0 amide bonds. The summed E-state index contributed by atoms with van der Waals surface area (Å²) in [5, 5.41) is 14.4. The fourth-order valence-corrected chi connectivity index (χ4v) is 5.25. The molecule has 0 bridgehead atoms. The smallest absolute Gasteiger partial charge is 0.263 e. The zero-order valence-corrected chi connectivity index (χ0v) is 23.5. The number of nitrogens with zero attached hydrogens (tertiary/aromatic N) is 3. The van der Waals surface area contributed by atoms with E-state index in [-0.39, 0.29) is 11.5 Å². The van der Waals surface area contributed by atoms with Crippen LogP contribution in [0, 0.1) is 5.82 Å². The Morgan fingerprint density at radius 3 is 2.47 bits per heavy atom. The summed E-state index contributed by atoms with van der Waals surface area (Å²) in [5.74, 6) is -0.158. The van der Waals surface area contributed by atoms with Gasteiger partial charge in [-0.25, -0.2) is 9.37 Å². The van der Waals surface area contributed by atoms with Gasteiger partial charge in [-0.1, -0.05) is 54.6 Å². The number of aromatic nitrogens is 3. The Bertz CT molecular complexity index is 2030. The molecule has 0 fully saturated rings. The molecule has 0 radical (unpaired) electrons. The number of nitrogens with one attached hydrogen (secondary N) is 1. The van der Waals surface area contributed by atoms with Gasteiger partial charge in [-0.15, -0.1) is 0 Å². The number of para-hydroxylation sites is 1. The van der Waals surface area contributed by atoms with E-state index in [9.17, 15) is 14.3 Å². The Morgan fingerprint density at radius 2 is 1.70 bits per heavy atom. The second-order valence-electron chi connectivity index (χ2n) is 10.1. The van der Waals surface area contributed by atoms with Gasteiger partial charge in [-0.3, -0.25) is 9.36 Å². The maximum Gasteiger partial charge on any atom is 0.263 e. The molecule has 0 spiro atoms. The average Bonchev–Trinajstić information content (AvgIpc) is 3.02. The molecule has 214 valence electrons. The standard InChI is InChI=1S/C34H28FN5O3/c1-20(38-32-27(19-37-34(36)39-32)22-14-15-30(41)28(35)17-22)29-18-23-9-7-13-26(21-8-6-12-25(16-21)43-2)31(23)33(42)40(29)24-10-4-3-5-11-24/h3-20,41H,1-2H3,(H3,36,37,38,39)/t20-/m0/s1. The molecule has 4 aromatic carbocycles. The quantitative estimate of drug-likeness (QED) is 0.194. The SMILES string of the molecule is COc1cccc(-c2cccc3cc([C@H](C)Nc4nc(N)ncc4-c4ccc(O)c(F)c4)n(-c4ccccc4)c(=O)c23)c1. The molecule has 6 aromatic rings. The number of benzene rings is 4. The van der Waals surface area contributed by atoms with Gasteiger partial charge in [0, 0.05) is 23.1 Å². The Hall–Kier alpha value is -5.70. The van der Waals surface area contributed by atoms with Gasteiger partial charge in [0.2, 0.25) is 5.95 Å². The van der Waals surface area contributed by atoms with Gasteiger partial charge in [-0.2, -0.15) is 4.98 Å². The fourth-order valence-electron chi connectivity index (χ4n) is 5.25. The van der Waals surface area contributed by atoms with Crippen molar-refractivity contribution in [3.05, 3.63) is 125 Å². The molecule has 0 aliphatic rings. The second kappa shape index (κ2) is 11.3. The van der Waals surface area contributed by atoms with Crippen LogP contribution in [0.2, 0.25) is 0 Å². The second-order valence-corrected chi connectivity index (χ2v) is 10.1. The van der Waals surface area contributed by atoms with Crippen molar-refractivity contribution in [2.24, 2.45) is 0 Å². The number of anilines is 2. The Kier molecular flexibility index (Phi) is 7.21. The van der Waals surface area contributed by atoms with Crippen LogP contribution in [0.25, 0.3) is 38.7 Å². The molecule has 0 saturated heterocycles. The predicted octanol–water partition coefficient (Wildman–Crippen LogP) is 6.72. The number of phenols is 1. The minimum absolute atomic E-state index is 0.0274. The van der Waals surface area contributed by atoms with Crippen molar-refractivity contribution in [1.29, 1.82) is 0 Å². The molecule has 43 heavy (non-hydrogen) atoms. The molecule has 0 aliphatic heterocycles. The number of hydrogen-bond acceptors (Lipinski definition) is 7. The van der Waals surface area contributed by atoms with E-state index >= 15 is 0 Å². The molecule has 2 heterocycles. The van der Waals surface area contributed by atoms with Crippen LogP contribution in [-0.2, 0) is 0 Å². The van der Waals surface area contributed by atoms with Crippen molar-refractivity contribution < 1.29 is 14.2 Å². The van der Waals surface area contributed by atoms with E-state index in [4.69, 9.17) is 10.5 Å². The highest BCUT2D eigenvalue weighted by Crippen LogP contribution is 2.34. The van der Waals surface area contributed by atoms with Crippen LogP contribution in [0.15, 0.2) is 108 Å². The monoisotopic (exact) mass is 573 g/mol. The number of nitrogen functional groups attached to an aromatic ring is 1. The Labute approximate surface area is 246 Å². The van der Waals surface area contributed by atoms with E-state index in [1.54, 1.807) is 17.7 Å². The third-order valence-electron chi connectivity index (χ3n) is 7.33. The van der Waals surface area contributed by atoms with Crippen molar-refractivity contribution in [3.63, 3.8) is 0 Å². The van der Waals surface area contributed by atoms with Gasteiger partial charge >= 0.3 is 0 Å². The van der Waals surface area contributed by atoms with Crippen LogP contribution in [0.5, 0.6) is 11.5 Å².